The van der Waals surface area contributed by atoms with Crippen LogP contribution in [0, 0.1) is 11.7 Å². The Morgan fingerprint density at radius 3 is 2.44 bits per heavy atom. The van der Waals surface area contributed by atoms with E-state index < -0.39 is 0 Å². The molecule has 2 fully saturated rings. The predicted molar refractivity (Wildman–Crippen MR) is 69.3 cm³/mol. The molecule has 2 heteroatoms. The number of carbonyl (C=O) groups excluding carboxylic acids is 1. The van der Waals surface area contributed by atoms with Crippen LogP contribution in [0.25, 0.3) is 0 Å². The van der Waals surface area contributed by atoms with Gasteiger partial charge < -0.3 is 0 Å². The second-order valence-corrected chi connectivity index (χ2v) is 5.71. The van der Waals surface area contributed by atoms with Crippen LogP contribution in [0.2, 0.25) is 0 Å². The summed E-state index contributed by atoms with van der Waals surface area (Å²) in [5.74, 6) is 0.308. The van der Waals surface area contributed by atoms with Gasteiger partial charge in [0.25, 0.3) is 0 Å². The van der Waals surface area contributed by atoms with Gasteiger partial charge in [0.15, 0.2) is 5.78 Å². The fourth-order valence-electron chi connectivity index (χ4n) is 2.99. The lowest BCUT2D eigenvalue weighted by molar-refractivity contribution is 0.0963. The number of Topliss-reactive ketones (excluding diaryl/α,β-unsaturated/α-hetero) is 1. The van der Waals surface area contributed by atoms with E-state index in [1.807, 2.05) is 12.1 Å². The first-order valence-electron chi connectivity index (χ1n) is 7.09. The fraction of sp³-hybridized carbons (Fsp3) is 0.562. The molecule has 0 bridgehead atoms. The Morgan fingerprint density at radius 1 is 1.06 bits per heavy atom. The van der Waals surface area contributed by atoms with E-state index in [2.05, 4.69) is 0 Å². The first-order chi connectivity index (χ1) is 8.75. The molecule has 0 spiro atoms. The topological polar surface area (TPSA) is 17.1 Å². The van der Waals surface area contributed by atoms with Gasteiger partial charge in [-0.3, -0.25) is 4.79 Å². The summed E-state index contributed by atoms with van der Waals surface area (Å²) in [6, 6.07) is 5.18. The van der Waals surface area contributed by atoms with E-state index in [-0.39, 0.29) is 17.5 Å². The minimum atomic E-state index is -0.341. The quantitative estimate of drug-likeness (QED) is 0.719. The van der Waals surface area contributed by atoms with E-state index in [9.17, 15) is 9.18 Å². The van der Waals surface area contributed by atoms with Crippen molar-refractivity contribution in [3.05, 3.63) is 35.1 Å². The van der Waals surface area contributed by atoms with Gasteiger partial charge in [-0.2, -0.15) is 0 Å². The third-order valence-corrected chi connectivity index (χ3v) is 4.28. The number of benzene rings is 1. The van der Waals surface area contributed by atoms with Crippen molar-refractivity contribution >= 4 is 5.78 Å². The van der Waals surface area contributed by atoms with Gasteiger partial charge in [-0.1, -0.05) is 25.3 Å². The molecule has 2 aliphatic carbocycles. The molecule has 0 aliphatic heterocycles. The van der Waals surface area contributed by atoms with Gasteiger partial charge in [0.1, 0.15) is 5.82 Å². The van der Waals surface area contributed by atoms with E-state index in [1.54, 1.807) is 0 Å². The van der Waals surface area contributed by atoms with Crippen molar-refractivity contribution in [2.75, 3.05) is 0 Å². The van der Waals surface area contributed by atoms with Crippen LogP contribution in [0.4, 0.5) is 4.39 Å². The SMILES string of the molecule is O=C(c1cc(C2CCCCC2)ccc1F)C1CC1. The largest absolute Gasteiger partial charge is 0.294 e. The molecule has 1 aromatic rings. The number of hydrogen-bond acceptors (Lipinski definition) is 1. The molecule has 0 unspecified atom stereocenters. The van der Waals surface area contributed by atoms with Crippen LogP contribution >= 0.6 is 0 Å². The van der Waals surface area contributed by atoms with E-state index >= 15 is 0 Å². The van der Waals surface area contributed by atoms with Crippen LogP contribution in [0.5, 0.6) is 0 Å². The molecule has 0 N–H and O–H groups in total. The highest BCUT2D eigenvalue weighted by atomic mass is 19.1. The van der Waals surface area contributed by atoms with Crippen molar-refractivity contribution in [2.45, 2.75) is 50.9 Å². The minimum absolute atomic E-state index is 0.0187. The Hall–Kier alpha value is -1.18. The zero-order valence-electron chi connectivity index (χ0n) is 10.6. The highest BCUT2D eigenvalue weighted by molar-refractivity contribution is 5.99. The van der Waals surface area contributed by atoms with Crippen molar-refractivity contribution in [3.8, 4) is 0 Å². The molecule has 0 heterocycles. The van der Waals surface area contributed by atoms with Crippen LogP contribution in [0.1, 0.15) is 66.8 Å². The molecule has 0 amide bonds. The van der Waals surface area contributed by atoms with Gasteiger partial charge in [-0.15, -0.1) is 0 Å². The molecule has 2 saturated carbocycles. The Balaban J connectivity index is 1.86. The Kier molecular flexibility index (Phi) is 3.19. The summed E-state index contributed by atoms with van der Waals surface area (Å²) in [5.41, 5.74) is 1.50. The first kappa shape index (κ1) is 11.9. The highest BCUT2D eigenvalue weighted by Gasteiger charge is 2.32. The van der Waals surface area contributed by atoms with Gasteiger partial charge in [-0.25, -0.2) is 4.39 Å². The number of rotatable bonds is 3. The van der Waals surface area contributed by atoms with E-state index in [0.29, 0.717) is 11.5 Å². The molecule has 0 radical (unpaired) electrons. The van der Waals surface area contributed by atoms with Crippen molar-refractivity contribution in [1.29, 1.82) is 0 Å². The number of halogens is 1. The summed E-state index contributed by atoms with van der Waals surface area (Å²) in [6.07, 6.45) is 8.07. The van der Waals surface area contributed by atoms with E-state index in [4.69, 9.17) is 0 Å². The van der Waals surface area contributed by atoms with Crippen LogP contribution in [0.3, 0.4) is 0 Å². The molecule has 1 nitrogen and oxygen atoms in total. The van der Waals surface area contributed by atoms with Gasteiger partial charge in [0, 0.05) is 5.92 Å². The van der Waals surface area contributed by atoms with Crippen molar-refractivity contribution in [1.82, 2.24) is 0 Å². The lowest BCUT2D eigenvalue weighted by atomic mass is 9.83. The average molecular weight is 246 g/mol. The summed E-state index contributed by atoms with van der Waals surface area (Å²) in [4.78, 5) is 12.0. The molecule has 0 atom stereocenters. The van der Waals surface area contributed by atoms with Gasteiger partial charge >= 0.3 is 0 Å². The lowest BCUT2D eigenvalue weighted by Gasteiger charge is -2.22. The average Bonchev–Trinajstić information content (AvgIpc) is 3.24. The Labute approximate surface area is 107 Å². The molecule has 1 aromatic carbocycles. The number of hydrogen-bond donors (Lipinski definition) is 0. The molecule has 0 aromatic heterocycles. The monoisotopic (exact) mass is 246 g/mol. The highest BCUT2D eigenvalue weighted by Crippen LogP contribution is 2.36. The molecule has 3 rings (SSSR count). The summed E-state index contributed by atoms with van der Waals surface area (Å²) >= 11 is 0. The van der Waals surface area contributed by atoms with Crippen LogP contribution in [0.15, 0.2) is 18.2 Å². The predicted octanol–water partition coefficient (Wildman–Crippen LogP) is 4.47. The van der Waals surface area contributed by atoms with Crippen LogP contribution < -0.4 is 0 Å². The molecule has 18 heavy (non-hydrogen) atoms. The summed E-state index contributed by atoms with van der Waals surface area (Å²) in [6.45, 7) is 0. The maximum absolute atomic E-state index is 13.8. The standard InChI is InChI=1S/C16H19FO/c17-15-9-8-13(11-4-2-1-3-5-11)10-14(15)16(18)12-6-7-12/h8-12H,1-7H2. The van der Waals surface area contributed by atoms with E-state index in [1.165, 1.54) is 43.7 Å². The zero-order valence-corrected chi connectivity index (χ0v) is 10.6. The van der Waals surface area contributed by atoms with Gasteiger partial charge in [0.05, 0.1) is 5.56 Å². The number of ketones is 1. The minimum Gasteiger partial charge on any atom is -0.294 e. The van der Waals surface area contributed by atoms with Crippen LogP contribution in [-0.2, 0) is 0 Å². The van der Waals surface area contributed by atoms with Gasteiger partial charge in [0.2, 0.25) is 0 Å². The third kappa shape index (κ3) is 2.33. The van der Waals surface area contributed by atoms with Crippen LogP contribution in [-0.4, -0.2) is 5.78 Å². The maximum atomic E-state index is 13.8. The lowest BCUT2D eigenvalue weighted by Crippen LogP contribution is -2.09. The second kappa shape index (κ2) is 4.83. The molecule has 2 aliphatic rings. The smallest absolute Gasteiger partial charge is 0.168 e. The third-order valence-electron chi connectivity index (χ3n) is 4.28. The maximum Gasteiger partial charge on any atom is 0.168 e. The fourth-order valence-corrected chi connectivity index (χ4v) is 2.99. The molecule has 0 saturated heterocycles. The summed E-state index contributed by atoms with van der Waals surface area (Å²) in [5, 5.41) is 0. The van der Waals surface area contributed by atoms with Crippen molar-refractivity contribution < 1.29 is 9.18 Å². The second-order valence-electron chi connectivity index (χ2n) is 5.71. The van der Waals surface area contributed by atoms with Crippen molar-refractivity contribution in [2.24, 2.45) is 5.92 Å². The van der Waals surface area contributed by atoms with Crippen molar-refractivity contribution in [3.63, 3.8) is 0 Å². The summed E-state index contributed by atoms with van der Waals surface area (Å²) < 4.78 is 13.8. The van der Waals surface area contributed by atoms with E-state index in [0.717, 1.165) is 12.8 Å². The first-order valence-corrected chi connectivity index (χ1v) is 7.09. The zero-order chi connectivity index (χ0) is 12.5. The Morgan fingerprint density at radius 2 is 1.78 bits per heavy atom. The number of carbonyl (C=O) groups is 1. The van der Waals surface area contributed by atoms with Gasteiger partial charge in [-0.05, 0) is 49.3 Å². The molecule has 96 valence electrons. The molecular weight excluding hydrogens is 227 g/mol. The summed E-state index contributed by atoms with van der Waals surface area (Å²) in [7, 11) is 0. The molecular formula is C16H19FO. The Bertz CT molecular complexity index is 456. The normalized spacial score (nSPS) is 20.9.